The molecule has 0 atom stereocenters. The Hall–Kier alpha value is -1.63. The fraction of sp³-hybridized carbons (Fsp3) is 0.417. The van der Waals surface area contributed by atoms with Gasteiger partial charge >= 0.3 is 0 Å². The average Bonchev–Trinajstić information content (AvgIpc) is 2.16. The smallest absolute Gasteiger partial charge is 0.289 e. The Balaban J connectivity index is 3.37. The van der Waals surface area contributed by atoms with Crippen LogP contribution >= 0.6 is 0 Å². The highest BCUT2D eigenvalue weighted by molar-refractivity contribution is 5.46. The molecule has 0 saturated heterocycles. The highest BCUT2D eigenvalue weighted by Gasteiger charge is 2.35. The maximum atomic E-state index is 13.7. The minimum atomic E-state index is -3.17. The molecule has 0 heterocycles. The first-order chi connectivity index (χ1) is 7.42. The summed E-state index contributed by atoms with van der Waals surface area (Å²) < 4.78 is 32.3. The lowest BCUT2D eigenvalue weighted by molar-refractivity contribution is -0.00142. The zero-order valence-electron chi connectivity index (χ0n) is 9.47. The van der Waals surface area contributed by atoms with E-state index in [0.717, 1.165) is 5.56 Å². The van der Waals surface area contributed by atoms with E-state index >= 15 is 0 Å². The summed E-state index contributed by atoms with van der Waals surface area (Å²) in [4.78, 5) is 0. The number of ether oxygens (including phenoxy) is 1. The van der Waals surface area contributed by atoms with E-state index in [-0.39, 0.29) is 11.3 Å². The number of rotatable bonds is 3. The quantitative estimate of drug-likeness (QED) is 0.790. The summed E-state index contributed by atoms with van der Waals surface area (Å²) in [6.07, 6.45) is -0.841. The predicted octanol–water partition coefficient (Wildman–Crippen LogP) is 3.32. The number of halogens is 2. The number of methoxy groups -OCH3 is 1. The molecule has 0 aliphatic carbocycles. The monoisotopic (exact) mass is 225 g/mol. The Morgan fingerprint density at radius 1 is 1.38 bits per heavy atom. The van der Waals surface area contributed by atoms with E-state index in [1.54, 1.807) is 19.9 Å². The minimum absolute atomic E-state index is 0.158. The van der Waals surface area contributed by atoms with Gasteiger partial charge in [0.25, 0.3) is 5.92 Å². The number of hydrogen-bond acceptors (Lipinski definition) is 2. The lowest BCUT2D eigenvalue weighted by Crippen LogP contribution is -2.14. The van der Waals surface area contributed by atoms with E-state index in [9.17, 15) is 8.78 Å². The van der Waals surface area contributed by atoms with E-state index in [1.807, 2.05) is 0 Å². The van der Waals surface area contributed by atoms with Gasteiger partial charge in [-0.1, -0.05) is 11.6 Å². The molecule has 0 fully saturated rings. The lowest BCUT2D eigenvalue weighted by atomic mass is 9.99. The van der Waals surface area contributed by atoms with Gasteiger partial charge in [0.1, 0.15) is 12.2 Å². The van der Waals surface area contributed by atoms with Crippen LogP contribution in [0.15, 0.2) is 12.1 Å². The molecule has 0 aliphatic heterocycles. The molecule has 16 heavy (non-hydrogen) atoms. The molecule has 0 aliphatic rings. The van der Waals surface area contributed by atoms with Gasteiger partial charge in [-0.3, -0.25) is 0 Å². The van der Waals surface area contributed by atoms with Gasteiger partial charge in [0.05, 0.1) is 18.7 Å². The van der Waals surface area contributed by atoms with Crippen molar-refractivity contribution in [3.05, 3.63) is 28.8 Å². The first-order valence-electron chi connectivity index (χ1n) is 4.83. The topological polar surface area (TPSA) is 33.0 Å². The number of nitriles is 1. The van der Waals surface area contributed by atoms with Gasteiger partial charge in [-0.15, -0.1) is 0 Å². The van der Waals surface area contributed by atoms with Crippen LogP contribution in [0.2, 0.25) is 0 Å². The molecule has 1 aromatic carbocycles. The van der Waals surface area contributed by atoms with Gasteiger partial charge in [-0.05, 0) is 25.5 Å². The van der Waals surface area contributed by atoms with E-state index in [0.29, 0.717) is 5.56 Å². The SMILES string of the molecule is COc1c(C)cc(C)cc1C(F)(F)CC#N. The fourth-order valence-electron chi connectivity index (χ4n) is 1.69. The molecule has 1 aromatic rings. The third kappa shape index (κ3) is 2.30. The van der Waals surface area contributed by atoms with Gasteiger partial charge in [0.15, 0.2) is 0 Å². The van der Waals surface area contributed by atoms with Gasteiger partial charge in [0.2, 0.25) is 0 Å². The molecule has 86 valence electrons. The van der Waals surface area contributed by atoms with Crippen LogP contribution in [0, 0.1) is 25.2 Å². The van der Waals surface area contributed by atoms with Crippen LogP contribution in [0.3, 0.4) is 0 Å². The Morgan fingerprint density at radius 3 is 2.50 bits per heavy atom. The van der Waals surface area contributed by atoms with E-state index in [1.165, 1.54) is 19.2 Å². The van der Waals surface area contributed by atoms with Crippen LogP contribution in [0.5, 0.6) is 5.75 Å². The number of alkyl halides is 2. The number of hydrogen-bond donors (Lipinski definition) is 0. The zero-order valence-corrected chi connectivity index (χ0v) is 9.47. The van der Waals surface area contributed by atoms with Crippen LogP contribution < -0.4 is 4.74 Å². The fourth-order valence-corrected chi connectivity index (χ4v) is 1.69. The molecule has 0 spiro atoms. The summed E-state index contributed by atoms with van der Waals surface area (Å²) in [5.41, 5.74) is 1.16. The van der Waals surface area contributed by atoms with Crippen LogP contribution in [0.25, 0.3) is 0 Å². The van der Waals surface area contributed by atoms with Crippen molar-refractivity contribution in [3.8, 4) is 11.8 Å². The van der Waals surface area contributed by atoms with Gasteiger partial charge in [-0.25, -0.2) is 8.78 Å². The summed E-state index contributed by atoms with van der Waals surface area (Å²) in [5.74, 6) is -3.01. The predicted molar refractivity (Wildman–Crippen MR) is 56.6 cm³/mol. The van der Waals surface area contributed by atoms with Crippen molar-refractivity contribution in [2.75, 3.05) is 7.11 Å². The maximum absolute atomic E-state index is 13.7. The second-order valence-corrected chi connectivity index (χ2v) is 3.70. The Bertz CT molecular complexity index is 435. The largest absolute Gasteiger partial charge is 0.496 e. The standard InChI is InChI=1S/C12H13F2NO/c1-8-6-9(2)11(16-3)10(7-8)12(13,14)4-5-15/h6-7H,4H2,1-3H3. The van der Waals surface area contributed by atoms with Crippen LogP contribution in [-0.2, 0) is 5.92 Å². The number of benzene rings is 1. The van der Waals surface area contributed by atoms with Crippen molar-refractivity contribution < 1.29 is 13.5 Å². The van der Waals surface area contributed by atoms with E-state index < -0.39 is 12.3 Å². The molecule has 1 rings (SSSR count). The van der Waals surface area contributed by atoms with Gasteiger partial charge < -0.3 is 4.74 Å². The third-order valence-corrected chi connectivity index (χ3v) is 2.32. The Morgan fingerprint density at radius 2 is 2.00 bits per heavy atom. The first kappa shape index (κ1) is 12.4. The lowest BCUT2D eigenvalue weighted by Gasteiger charge is -2.19. The number of nitrogens with zero attached hydrogens (tertiary/aromatic N) is 1. The van der Waals surface area contributed by atoms with Gasteiger partial charge in [0, 0.05) is 0 Å². The highest BCUT2D eigenvalue weighted by Crippen LogP contribution is 2.39. The molecule has 0 radical (unpaired) electrons. The van der Waals surface area contributed by atoms with Crippen molar-refractivity contribution in [2.45, 2.75) is 26.2 Å². The maximum Gasteiger partial charge on any atom is 0.289 e. The van der Waals surface area contributed by atoms with Crippen molar-refractivity contribution in [1.82, 2.24) is 0 Å². The van der Waals surface area contributed by atoms with Crippen molar-refractivity contribution >= 4 is 0 Å². The second-order valence-electron chi connectivity index (χ2n) is 3.70. The summed E-state index contributed by atoms with van der Waals surface area (Å²) >= 11 is 0. The average molecular weight is 225 g/mol. The van der Waals surface area contributed by atoms with E-state index in [4.69, 9.17) is 10.00 Å². The number of aryl methyl sites for hydroxylation is 2. The molecule has 0 N–H and O–H groups in total. The molecule has 4 heteroatoms. The molecule has 0 unspecified atom stereocenters. The normalized spacial score (nSPS) is 11.0. The summed E-state index contributed by atoms with van der Waals surface area (Å²) in [7, 11) is 1.35. The first-order valence-corrected chi connectivity index (χ1v) is 4.83. The Kier molecular flexibility index (Phi) is 3.48. The Labute approximate surface area is 93.5 Å². The summed E-state index contributed by atoms with van der Waals surface area (Å²) in [6, 6.07) is 4.62. The van der Waals surface area contributed by atoms with Crippen molar-refractivity contribution in [1.29, 1.82) is 5.26 Å². The van der Waals surface area contributed by atoms with Gasteiger partial charge in [-0.2, -0.15) is 5.26 Å². The molecular formula is C12H13F2NO. The van der Waals surface area contributed by atoms with Crippen LogP contribution in [-0.4, -0.2) is 7.11 Å². The van der Waals surface area contributed by atoms with E-state index in [2.05, 4.69) is 0 Å². The van der Waals surface area contributed by atoms with Crippen molar-refractivity contribution in [3.63, 3.8) is 0 Å². The minimum Gasteiger partial charge on any atom is -0.496 e. The molecule has 0 saturated carbocycles. The van der Waals surface area contributed by atoms with Crippen molar-refractivity contribution in [2.24, 2.45) is 0 Å². The zero-order chi connectivity index (χ0) is 12.3. The third-order valence-electron chi connectivity index (χ3n) is 2.32. The van der Waals surface area contributed by atoms with Crippen LogP contribution in [0.4, 0.5) is 8.78 Å². The second kappa shape index (κ2) is 4.48. The molecule has 0 aromatic heterocycles. The summed E-state index contributed by atoms with van der Waals surface area (Å²) in [6.45, 7) is 3.44. The molecule has 2 nitrogen and oxygen atoms in total. The highest BCUT2D eigenvalue weighted by atomic mass is 19.3. The molecular weight excluding hydrogens is 212 g/mol. The summed E-state index contributed by atoms with van der Waals surface area (Å²) in [5, 5.41) is 8.39. The molecule has 0 bridgehead atoms. The van der Waals surface area contributed by atoms with Crippen LogP contribution in [0.1, 0.15) is 23.1 Å². The molecule has 0 amide bonds.